The molecule has 2 N–H and O–H groups in total. The Morgan fingerprint density at radius 2 is 2.06 bits per heavy atom. The zero-order valence-corrected chi connectivity index (χ0v) is 11.5. The fourth-order valence-electron chi connectivity index (χ4n) is 2.14. The number of fused-ring (bicyclic) bond motifs is 1. The minimum atomic E-state index is 0.110. The minimum absolute atomic E-state index is 0.110. The van der Waals surface area contributed by atoms with E-state index < -0.39 is 0 Å². The number of rotatable bonds is 2. The lowest BCUT2D eigenvalue weighted by Crippen LogP contribution is -2.21. The molecule has 3 heteroatoms. The first kappa shape index (κ1) is 12.1. The number of nitrogens with zero attached hydrogens (tertiary/aromatic N) is 1. The van der Waals surface area contributed by atoms with Crippen LogP contribution in [0.4, 0.5) is 0 Å². The third kappa shape index (κ3) is 2.30. The topological polar surface area (TPSA) is 38.9 Å². The highest BCUT2D eigenvalue weighted by atomic mass is 32.1. The molecule has 1 aromatic rings. The van der Waals surface area contributed by atoms with Gasteiger partial charge in [0, 0.05) is 4.88 Å². The van der Waals surface area contributed by atoms with Crippen LogP contribution in [0.3, 0.4) is 0 Å². The summed E-state index contributed by atoms with van der Waals surface area (Å²) in [6.45, 7) is 9.01. The largest absolute Gasteiger partial charge is 0.322 e. The summed E-state index contributed by atoms with van der Waals surface area (Å²) in [5, 5.41) is 1.14. The molecule has 0 amide bonds. The van der Waals surface area contributed by atoms with Crippen molar-refractivity contribution in [3.05, 3.63) is 15.6 Å². The maximum atomic E-state index is 6.17. The van der Waals surface area contributed by atoms with Crippen LogP contribution in [0, 0.1) is 11.3 Å². The van der Waals surface area contributed by atoms with Gasteiger partial charge in [0.25, 0.3) is 0 Å². The first-order chi connectivity index (χ1) is 7.39. The zero-order chi connectivity index (χ0) is 11.9. The molecule has 0 saturated carbocycles. The van der Waals surface area contributed by atoms with Gasteiger partial charge >= 0.3 is 0 Å². The summed E-state index contributed by atoms with van der Waals surface area (Å²) in [5.74, 6) is 0.473. The molecule has 1 heterocycles. The molecule has 0 saturated heterocycles. The van der Waals surface area contributed by atoms with Gasteiger partial charge in [-0.1, -0.05) is 27.7 Å². The monoisotopic (exact) mass is 238 g/mol. The minimum Gasteiger partial charge on any atom is -0.322 e. The van der Waals surface area contributed by atoms with E-state index in [1.54, 1.807) is 0 Å². The molecule has 16 heavy (non-hydrogen) atoms. The van der Waals surface area contributed by atoms with Crippen LogP contribution in [0.15, 0.2) is 0 Å². The third-order valence-electron chi connectivity index (χ3n) is 3.48. The average molecular weight is 238 g/mol. The molecule has 0 aliphatic heterocycles. The van der Waals surface area contributed by atoms with Crippen LogP contribution in [0.2, 0.25) is 0 Å². The predicted molar refractivity (Wildman–Crippen MR) is 69.7 cm³/mol. The maximum absolute atomic E-state index is 6.17. The number of hydrogen-bond acceptors (Lipinski definition) is 3. The standard InChI is InChI=1S/C13H22N2S/c1-8(2)11(14)12-15-9-5-6-13(3,4)7-10(9)16-12/h8,11H,5-7,14H2,1-4H3. The molecule has 1 aliphatic rings. The van der Waals surface area contributed by atoms with Gasteiger partial charge in [0.1, 0.15) is 5.01 Å². The Morgan fingerprint density at radius 3 is 2.69 bits per heavy atom. The Hall–Kier alpha value is -0.410. The Balaban J connectivity index is 2.25. The maximum Gasteiger partial charge on any atom is 0.110 e. The lowest BCUT2D eigenvalue weighted by atomic mass is 9.79. The molecule has 0 fully saturated rings. The van der Waals surface area contributed by atoms with Crippen molar-refractivity contribution >= 4 is 11.3 Å². The summed E-state index contributed by atoms with van der Waals surface area (Å²) in [6, 6.07) is 0.110. The van der Waals surface area contributed by atoms with Crippen LogP contribution in [0.5, 0.6) is 0 Å². The summed E-state index contributed by atoms with van der Waals surface area (Å²) in [7, 11) is 0. The van der Waals surface area contributed by atoms with Gasteiger partial charge in [-0.25, -0.2) is 4.98 Å². The number of thiazole rings is 1. The Bertz CT molecular complexity index is 379. The van der Waals surface area contributed by atoms with Gasteiger partial charge < -0.3 is 5.73 Å². The highest BCUT2D eigenvalue weighted by molar-refractivity contribution is 7.11. The second kappa shape index (κ2) is 4.11. The van der Waals surface area contributed by atoms with Crippen molar-refractivity contribution < 1.29 is 0 Å². The van der Waals surface area contributed by atoms with Gasteiger partial charge in [-0.3, -0.25) is 0 Å². The van der Waals surface area contributed by atoms with E-state index >= 15 is 0 Å². The van der Waals surface area contributed by atoms with E-state index in [2.05, 4.69) is 27.7 Å². The first-order valence-corrected chi connectivity index (χ1v) is 6.95. The number of aryl methyl sites for hydroxylation is 1. The zero-order valence-electron chi connectivity index (χ0n) is 10.7. The highest BCUT2D eigenvalue weighted by Crippen LogP contribution is 2.38. The number of aromatic nitrogens is 1. The molecule has 0 spiro atoms. The summed E-state index contributed by atoms with van der Waals surface area (Å²) >= 11 is 1.84. The molecule has 2 nitrogen and oxygen atoms in total. The number of hydrogen-bond donors (Lipinski definition) is 1. The molecular formula is C13H22N2S. The Morgan fingerprint density at radius 1 is 1.38 bits per heavy atom. The molecule has 0 aromatic carbocycles. The van der Waals surface area contributed by atoms with E-state index in [1.165, 1.54) is 23.4 Å². The van der Waals surface area contributed by atoms with Crippen molar-refractivity contribution in [2.24, 2.45) is 17.1 Å². The Labute approximate surface area is 102 Å². The van der Waals surface area contributed by atoms with Gasteiger partial charge in [0.05, 0.1) is 11.7 Å². The SMILES string of the molecule is CC(C)C(N)c1nc2c(s1)CC(C)(C)CC2. The molecule has 1 aromatic heterocycles. The fraction of sp³-hybridized carbons (Fsp3) is 0.769. The van der Waals surface area contributed by atoms with Crippen molar-refractivity contribution in [1.29, 1.82) is 0 Å². The summed E-state index contributed by atoms with van der Waals surface area (Å²) in [6.07, 6.45) is 3.55. The molecule has 1 unspecified atom stereocenters. The smallest absolute Gasteiger partial charge is 0.110 e. The number of nitrogens with two attached hydrogens (primary N) is 1. The lowest BCUT2D eigenvalue weighted by molar-refractivity contribution is 0.316. The molecular weight excluding hydrogens is 216 g/mol. The normalized spacial score (nSPS) is 20.9. The summed E-state index contributed by atoms with van der Waals surface area (Å²) in [5.41, 5.74) is 7.92. The van der Waals surface area contributed by atoms with E-state index in [1.807, 2.05) is 11.3 Å². The lowest BCUT2D eigenvalue weighted by Gasteiger charge is -2.28. The molecule has 1 aliphatic carbocycles. The van der Waals surface area contributed by atoms with Gasteiger partial charge in [-0.05, 0) is 30.6 Å². The van der Waals surface area contributed by atoms with Crippen molar-refractivity contribution in [1.82, 2.24) is 4.98 Å². The fourth-order valence-corrected chi connectivity index (χ4v) is 3.69. The first-order valence-electron chi connectivity index (χ1n) is 6.13. The van der Waals surface area contributed by atoms with Gasteiger partial charge in [-0.15, -0.1) is 11.3 Å². The van der Waals surface area contributed by atoms with Crippen LogP contribution in [0.25, 0.3) is 0 Å². The highest BCUT2D eigenvalue weighted by Gasteiger charge is 2.29. The molecule has 90 valence electrons. The molecule has 1 atom stereocenters. The second-order valence-electron chi connectivity index (χ2n) is 6.03. The average Bonchev–Trinajstić information content (AvgIpc) is 2.57. The molecule has 0 radical (unpaired) electrons. The van der Waals surface area contributed by atoms with Gasteiger partial charge in [-0.2, -0.15) is 0 Å². The molecule has 2 rings (SSSR count). The summed E-state index contributed by atoms with van der Waals surface area (Å²) < 4.78 is 0. The third-order valence-corrected chi connectivity index (χ3v) is 4.67. The van der Waals surface area contributed by atoms with Crippen LogP contribution < -0.4 is 5.73 Å². The van der Waals surface area contributed by atoms with Crippen molar-refractivity contribution in [2.45, 2.75) is 53.0 Å². The quantitative estimate of drug-likeness (QED) is 0.858. The second-order valence-corrected chi connectivity index (χ2v) is 7.15. The van der Waals surface area contributed by atoms with Crippen LogP contribution in [-0.2, 0) is 12.8 Å². The van der Waals surface area contributed by atoms with Crippen LogP contribution in [0.1, 0.15) is 55.7 Å². The molecule has 0 bridgehead atoms. The van der Waals surface area contributed by atoms with E-state index in [0.29, 0.717) is 11.3 Å². The van der Waals surface area contributed by atoms with Crippen molar-refractivity contribution in [3.8, 4) is 0 Å². The van der Waals surface area contributed by atoms with Gasteiger partial charge in [0.2, 0.25) is 0 Å². The van der Waals surface area contributed by atoms with Crippen LogP contribution in [-0.4, -0.2) is 4.98 Å². The summed E-state index contributed by atoms with van der Waals surface area (Å²) in [4.78, 5) is 6.21. The van der Waals surface area contributed by atoms with E-state index in [9.17, 15) is 0 Å². The van der Waals surface area contributed by atoms with E-state index in [0.717, 1.165) is 11.4 Å². The van der Waals surface area contributed by atoms with Crippen molar-refractivity contribution in [2.75, 3.05) is 0 Å². The van der Waals surface area contributed by atoms with Crippen LogP contribution >= 0.6 is 11.3 Å². The predicted octanol–water partition coefficient (Wildman–Crippen LogP) is 3.31. The van der Waals surface area contributed by atoms with E-state index in [4.69, 9.17) is 10.7 Å². The van der Waals surface area contributed by atoms with E-state index in [-0.39, 0.29) is 6.04 Å². The van der Waals surface area contributed by atoms with Gasteiger partial charge in [0.15, 0.2) is 0 Å². The van der Waals surface area contributed by atoms with Crippen molar-refractivity contribution in [3.63, 3.8) is 0 Å². The Kier molecular flexibility index (Phi) is 3.10.